The SMILES string of the molecule is Cc1ncc(-c2cn3c(n2)C(C2CC2)OCC3)cc1C(F)(F)F. The van der Waals surface area contributed by atoms with Crippen LogP contribution < -0.4 is 0 Å². The molecule has 0 saturated heterocycles. The summed E-state index contributed by atoms with van der Waals surface area (Å²) >= 11 is 0. The standard InChI is InChI=1S/C16H16F3N3O/c1-9-12(16(17,18)19)6-11(7-20-9)13-8-22-4-5-23-14(10-2-3-10)15(22)21-13/h6-8,10,14H,2-5H2,1H3. The first-order chi connectivity index (χ1) is 10.9. The highest BCUT2D eigenvalue weighted by Crippen LogP contribution is 2.44. The normalized spacial score (nSPS) is 21.3. The summed E-state index contributed by atoms with van der Waals surface area (Å²) in [6, 6.07) is 1.13. The van der Waals surface area contributed by atoms with Crippen LogP contribution in [-0.2, 0) is 17.5 Å². The number of alkyl halides is 3. The third kappa shape index (κ3) is 2.63. The molecular formula is C16H16F3N3O. The fourth-order valence-corrected chi connectivity index (χ4v) is 3.03. The molecule has 7 heteroatoms. The lowest BCUT2D eigenvalue weighted by Gasteiger charge is -2.23. The quantitative estimate of drug-likeness (QED) is 0.845. The monoisotopic (exact) mass is 323 g/mol. The lowest BCUT2D eigenvalue weighted by Crippen LogP contribution is -2.22. The molecule has 3 heterocycles. The van der Waals surface area contributed by atoms with Crippen molar-refractivity contribution >= 4 is 0 Å². The van der Waals surface area contributed by atoms with Crippen LogP contribution in [-0.4, -0.2) is 21.1 Å². The molecule has 0 amide bonds. The first kappa shape index (κ1) is 14.7. The Bertz CT molecular complexity index is 750. The maximum absolute atomic E-state index is 13.1. The minimum absolute atomic E-state index is 0.0237. The van der Waals surface area contributed by atoms with Crippen LogP contribution in [0.3, 0.4) is 0 Å². The van der Waals surface area contributed by atoms with E-state index in [1.165, 1.54) is 13.1 Å². The predicted octanol–water partition coefficient (Wildman–Crippen LogP) is 3.75. The van der Waals surface area contributed by atoms with E-state index in [-0.39, 0.29) is 11.8 Å². The van der Waals surface area contributed by atoms with Crippen LogP contribution in [0, 0.1) is 12.8 Å². The number of hydrogen-bond donors (Lipinski definition) is 0. The van der Waals surface area contributed by atoms with Gasteiger partial charge in [0.2, 0.25) is 0 Å². The summed E-state index contributed by atoms with van der Waals surface area (Å²) < 4.78 is 47.0. The fraction of sp³-hybridized carbons (Fsp3) is 0.500. The second-order valence-corrected chi connectivity index (χ2v) is 6.16. The Balaban J connectivity index is 1.74. The average Bonchev–Trinajstić information content (AvgIpc) is 3.24. The Kier molecular flexibility index (Phi) is 3.23. The zero-order valence-corrected chi connectivity index (χ0v) is 12.6. The van der Waals surface area contributed by atoms with Crippen molar-refractivity contribution in [2.24, 2.45) is 5.92 Å². The molecule has 1 aliphatic heterocycles. The molecule has 4 nitrogen and oxygen atoms in total. The highest BCUT2D eigenvalue weighted by molar-refractivity contribution is 5.59. The smallest absolute Gasteiger partial charge is 0.368 e. The zero-order chi connectivity index (χ0) is 16.2. The molecule has 122 valence electrons. The lowest BCUT2D eigenvalue weighted by molar-refractivity contribution is -0.138. The molecule has 0 aromatic carbocycles. The molecule has 2 aromatic heterocycles. The minimum atomic E-state index is -4.41. The molecule has 0 spiro atoms. The van der Waals surface area contributed by atoms with E-state index in [2.05, 4.69) is 9.97 Å². The van der Waals surface area contributed by atoms with Crippen LogP contribution >= 0.6 is 0 Å². The van der Waals surface area contributed by atoms with E-state index in [0.717, 1.165) is 24.7 Å². The predicted molar refractivity (Wildman–Crippen MR) is 76.6 cm³/mol. The summed E-state index contributed by atoms with van der Waals surface area (Å²) in [5.74, 6) is 1.31. The van der Waals surface area contributed by atoms with Gasteiger partial charge in [0.25, 0.3) is 0 Å². The van der Waals surface area contributed by atoms with Crippen molar-refractivity contribution in [3.05, 3.63) is 35.5 Å². The number of pyridine rings is 1. The summed E-state index contributed by atoms with van der Waals surface area (Å²) in [6.45, 7) is 2.66. The zero-order valence-electron chi connectivity index (χ0n) is 12.6. The molecule has 1 aliphatic carbocycles. The van der Waals surface area contributed by atoms with Gasteiger partial charge < -0.3 is 9.30 Å². The number of hydrogen-bond acceptors (Lipinski definition) is 3. The highest BCUT2D eigenvalue weighted by Gasteiger charge is 2.38. The number of aryl methyl sites for hydroxylation is 1. The van der Waals surface area contributed by atoms with E-state index >= 15 is 0 Å². The van der Waals surface area contributed by atoms with E-state index in [1.54, 1.807) is 6.20 Å². The maximum Gasteiger partial charge on any atom is 0.418 e. The molecule has 1 atom stereocenters. The fourth-order valence-electron chi connectivity index (χ4n) is 3.03. The molecular weight excluding hydrogens is 307 g/mol. The summed E-state index contributed by atoms with van der Waals surface area (Å²) in [5, 5.41) is 0. The van der Waals surface area contributed by atoms with Crippen LogP contribution in [0.15, 0.2) is 18.5 Å². The van der Waals surface area contributed by atoms with Gasteiger partial charge in [-0.2, -0.15) is 13.2 Å². The van der Waals surface area contributed by atoms with Crippen LogP contribution in [0.2, 0.25) is 0 Å². The van der Waals surface area contributed by atoms with E-state index < -0.39 is 11.7 Å². The van der Waals surface area contributed by atoms with E-state index in [1.807, 2.05) is 4.57 Å². The number of fused-ring (bicyclic) bond motifs is 1. The molecule has 1 fully saturated rings. The van der Waals surface area contributed by atoms with Gasteiger partial charge in [-0.05, 0) is 31.7 Å². The largest absolute Gasteiger partial charge is 0.418 e. The molecule has 2 aliphatic rings. The molecule has 0 N–H and O–H groups in total. The van der Waals surface area contributed by atoms with Gasteiger partial charge in [-0.3, -0.25) is 4.98 Å². The number of halogens is 3. The minimum Gasteiger partial charge on any atom is -0.368 e. The number of rotatable bonds is 2. The van der Waals surface area contributed by atoms with Gasteiger partial charge in [-0.1, -0.05) is 0 Å². The molecule has 4 rings (SSSR count). The summed E-state index contributed by atoms with van der Waals surface area (Å²) in [7, 11) is 0. The van der Waals surface area contributed by atoms with Gasteiger partial charge in [0.05, 0.1) is 17.9 Å². The number of imidazole rings is 1. The first-order valence-corrected chi connectivity index (χ1v) is 7.66. The van der Waals surface area contributed by atoms with Crippen molar-refractivity contribution in [2.75, 3.05) is 6.61 Å². The van der Waals surface area contributed by atoms with Crippen molar-refractivity contribution in [1.29, 1.82) is 0 Å². The summed E-state index contributed by atoms with van der Waals surface area (Å²) in [4.78, 5) is 8.44. The second-order valence-electron chi connectivity index (χ2n) is 6.16. The molecule has 0 bridgehead atoms. The highest BCUT2D eigenvalue weighted by atomic mass is 19.4. The van der Waals surface area contributed by atoms with Crippen molar-refractivity contribution < 1.29 is 17.9 Å². The van der Waals surface area contributed by atoms with Crippen LogP contribution in [0.1, 0.15) is 36.0 Å². The first-order valence-electron chi connectivity index (χ1n) is 7.66. The number of aromatic nitrogens is 3. The lowest BCUT2D eigenvalue weighted by atomic mass is 10.1. The van der Waals surface area contributed by atoms with Crippen LogP contribution in [0.25, 0.3) is 11.3 Å². The topological polar surface area (TPSA) is 39.9 Å². The van der Waals surface area contributed by atoms with Gasteiger partial charge in [0.15, 0.2) is 0 Å². The third-order valence-corrected chi connectivity index (χ3v) is 4.43. The van der Waals surface area contributed by atoms with Gasteiger partial charge in [0.1, 0.15) is 11.9 Å². The molecule has 23 heavy (non-hydrogen) atoms. The Labute approximate surface area is 131 Å². The van der Waals surface area contributed by atoms with E-state index in [9.17, 15) is 13.2 Å². The Morgan fingerprint density at radius 1 is 1.30 bits per heavy atom. The van der Waals surface area contributed by atoms with Crippen molar-refractivity contribution in [1.82, 2.24) is 14.5 Å². The third-order valence-electron chi connectivity index (χ3n) is 4.43. The Hall–Kier alpha value is -1.89. The Morgan fingerprint density at radius 3 is 2.78 bits per heavy atom. The van der Waals surface area contributed by atoms with Gasteiger partial charge in [-0.15, -0.1) is 0 Å². The van der Waals surface area contributed by atoms with E-state index in [4.69, 9.17) is 4.74 Å². The Morgan fingerprint density at radius 2 is 2.09 bits per heavy atom. The summed E-state index contributed by atoms with van der Waals surface area (Å²) in [5.41, 5.74) is 0.175. The second kappa shape index (κ2) is 5.06. The van der Waals surface area contributed by atoms with Crippen molar-refractivity contribution in [3.8, 4) is 11.3 Å². The van der Waals surface area contributed by atoms with Crippen LogP contribution in [0.4, 0.5) is 13.2 Å². The van der Waals surface area contributed by atoms with Gasteiger partial charge in [-0.25, -0.2) is 4.98 Å². The maximum atomic E-state index is 13.1. The molecule has 2 aromatic rings. The molecule has 0 radical (unpaired) electrons. The number of ether oxygens (including phenoxy) is 1. The number of nitrogens with zero attached hydrogens (tertiary/aromatic N) is 3. The molecule has 1 unspecified atom stereocenters. The van der Waals surface area contributed by atoms with Gasteiger partial charge >= 0.3 is 6.18 Å². The van der Waals surface area contributed by atoms with E-state index in [0.29, 0.717) is 30.3 Å². The van der Waals surface area contributed by atoms with Gasteiger partial charge in [0, 0.05) is 30.2 Å². The van der Waals surface area contributed by atoms with Crippen LogP contribution in [0.5, 0.6) is 0 Å². The van der Waals surface area contributed by atoms with Crippen molar-refractivity contribution in [3.63, 3.8) is 0 Å². The van der Waals surface area contributed by atoms with Crippen molar-refractivity contribution in [2.45, 2.75) is 38.6 Å². The average molecular weight is 323 g/mol. The molecule has 1 saturated carbocycles. The summed E-state index contributed by atoms with van der Waals surface area (Å²) in [6.07, 6.45) is 1.06.